The molecule has 0 aromatic rings. The highest BCUT2D eigenvalue weighted by Gasteiger charge is 2.35. The minimum atomic E-state index is -0.889. The summed E-state index contributed by atoms with van der Waals surface area (Å²) in [7, 11) is 0. The van der Waals surface area contributed by atoms with Crippen LogP contribution >= 0.6 is 0 Å². The highest BCUT2D eigenvalue weighted by molar-refractivity contribution is 4.87. The minimum Gasteiger partial charge on any atom is -0.301 e. The molecule has 1 saturated carbocycles. The maximum absolute atomic E-state index is 13.7. The lowest BCUT2D eigenvalue weighted by Crippen LogP contribution is -2.36. The molecule has 1 aliphatic carbocycles. The fourth-order valence-electron chi connectivity index (χ4n) is 2.68. The summed E-state index contributed by atoms with van der Waals surface area (Å²) in [6, 6.07) is 0.640. The monoisotopic (exact) mass is 215 g/mol. The normalized spacial score (nSPS) is 33.6. The van der Waals surface area contributed by atoms with Crippen molar-refractivity contribution in [3.63, 3.8) is 0 Å². The maximum Gasteiger partial charge on any atom is 0.108 e. The van der Waals surface area contributed by atoms with Gasteiger partial charge in [0.2, 0.25) is 0 Å². The average molecular weight is 215 g/mol. The van der Waals surface area contributed by atoms with Crippen molar-refractivity contribution in [2.75, 3.05) is 13.1 Å². The zero-order valence-electron chi connectivity index (χ0n) is 10.7. The molecular weight excluding hydrogens is 189 g/mol. The summed E-state index contributed by atoms with van der Waals surface area (Å²) in [5, 5.41) is 0. The number of hydrogen-bond acceptors (Lipinski definition) is 1. The van der Waals surface area contributed by atoms with Crippen LogP contribution < -0.4 is 0 Å². The van der Waals surface area contributed by atoms with Gasteiger partial charge in [0.25, 0.3) is 0 Å². The number of hydrogen-bond donors (Lipinski definition) is 0. The van der Waals surface area contributed by atoms with Gasteiger partial charge in [-0.2, -0.15) is 0 Å². The summed E-state index contributed by atoms with van der Waals surface area (Å²) in [6.45, 7) is 10.6. The summed E-state index contributed by atoms with van der Waals surface area (Å²) in [4.78, 5) is 2.49. The molecule has 90 valence electrons. The Morgan fingerprint density at radius 1 is 1.47 bits per heavy atom. The van der Waals surface area contributed by atoms with Gasteiger partial charge in [0.1, 0.15) is 5.67 Å². The molecule has 0 heterocycles. The van der Waals surface area contributed by atoms with E-state index in [1.54, 1.807) is 6.92 Å². The molecule has 3 unspecified atom stereocenters. The number of halogens is 1. The van der Waals surface area contributed by atoms with Crippen LogP contribution in [0.3, 0.4) is 0 Å². The van der Waals surface area contributed by atoms with Crippen molar-refractivity contribution in [2.24, 2.45) is 5.92 Å². The lowest BCUT2D eigenvalue weighted by atomic mass is 10.0. The molecule has 0 aromatic carbocycles. The van der Waals surface area contributed by atoms with Crippen LogP contribution in [0.1, 0.15) is 53.4 Å². The molecule has 2 heteroatoms. The van der Waals surface area contributed by atoms with E-state index in [0.29, 0.717) is 12.0 Å². The van der Waals surface area contributed by atoms with Crippen LogP contribution in [0.15, 0.2) is 0 Å². The van der Waals surface area contributed by atoms with Crippen molar-refractivity contribution in [2.45, 2.75) is 65.1 Å². The fourth-order valence-corrected chi connectivity index (χ4v) is 2.68. The van der Waals surface area contributed by atoms with Crippen molar-refractivity contribution in [3.8, 4) is 0 Å². The molecule has 3 atom stereocenters. The topological polar surface area (TPSA) is 3.24 Å². The third-order valence-electron chi connectivity index (χ3n) is 3.90. The first-order valence-electron chi connectivity index (χ1n) is 6.41. The first kappa shape index (κ1) is 13.0. The molecule has 1 fully saturated rings. The van der Waals surface area contributed by atoms with E-state index in [1.807, 2.05) is 0 Å². The predicted molar refractivity (Wildman–Crippen MR) is 63.9 cm³/mol. The Kier molecular flexibility index (Phi) is 4.57. The Morgan fingerprint density at radius 2 is 2.13 bits per heavy atom. The molecule has 0 bridgehead atoms. The molecule has 0 radical (unpaired) electrons. The van der Waals surface area contributed by atoms with Gasteiger partial charge in [0, 0.05) is 12.6 Å². The average Bonchev–Trinajstić information content (AvgIpc) is 2.53. The van der Waals surface area contributed by atoms with Gasteiger partial charge < -0.3 is 4.90 Å². The van der Waals surface area contributed by atoms with Crippen LogP contribution in [0, 0.1) is 5.92 Å². The largest absolute Gasteiger partial charge is 0.301 e. The summed E-state index contributed by atoms with van der Waals surface area (Å²) < 4.78 is 13.7. The van der Waals surface area contributed by atoms with Gasteiger partial charge in [-0.25, -0.2) is 4.39 Å². The Bertz CT molecular complexity index is 191. The third kappa shape index (κ3) is 3.75. The van der Waals surface area contributed by atoms with Gasteiger partial charge in [0.05, 0.1) is 0 Å². The Balaban J connectivity index is 2.40. The Labute approximate surface area is 94.0 Å². The summed E-state index contributed by atoms with van der Waals surface area (Å²) in [6.07, 6.45) is 3.78. The van der Waals surface area contributed by atoms with Crippen molar-refractivity contribution >= 4 is 0 Å². The van der Waals surface area contributed by atoms with Crippen LogP contribution in [0.25, 0.3) is 0 Å². The second-order valence-electron chi connectivity index (χ2n) is 5.37. The van der Waals surface area contributed by atoms with E-state index < -0.39 is 5.67 Å². The molecular formula is C13H26FN. The van der Waals surface area contributed by atoms with E-state index in [1.165, 1.54) is 6.42 Å². The van der Waals surface area contributed by atoms with Crippen molar-refractivity contribution < 1.29 is 4.39 Å². The highest BCUT2D eigenvalue weighted by Crippen LogP contribution is 2.37. The van der Waals surface area contributed by atoms with Gasteiger partial charge in [0.15, 0.2) is 0 Å². The first-order chi connectivity index (χ1) is 6.98. The molecule has 0 aromatic heterocycles. The minimum absolute atomic E-state index is 0.578. The van der Waals surface area contributed by atoms with E-state index in [2.05, 4.69) is 25.7 Å². The lowest BCUT2D eigenvalue weighted by molar-refractivity contribution is 0.158. The van der Waals surface area contributed by atoms with Crippen LogP contribution in [0.2, 0.25) is 0 Å². The predicted octanol–water partition coefficient (Wildman–Crippen LogP) is 3.64. The quantitative estimate of drug-likeness (QED) is 0.677. The molecule has 15 heavy (non-hydrogen) atoms. The molecule has 0 N–H and O–H groups in total. The van der Waals surface area contributed by atoms with Crippen molar-refractivity contribution in [3.05, 3.63) is 0 Å². The van der Waals surface area contributed by atoms with E-state index in [-0.39, 0.29) is 0 Å². The number of rotatable bonds is 5. The van der Waals surface area contributed by atoms with E-state index in [0.717, 1.165) is 32.4 Å². The van der Waals surface area contributed by atoms with Crippen LogP contribution in [0.5, 0.6) is 0 Å². The first-order valence-corrected chi connectivity index (χ1v) is 6.41. The van der Waals surface area contributed by atoms with Gasteiger partial charge in [-0.05, 0) is 52.0 Å². The Morgan fingerprint density at radius 3 is 2.53 bits per heavy atom. The highest BCUT2D eigenvalue weighted by atomic mass is 19.1. The lowest BCUT2D eigenvalue weighted by Gasteiger charge is -2.29. The molecule has 1 rings (SSSR count). The number of alkyl halides is 1. The zero-order chi connectivity index (χ0) is 11.5. The van der Waals surface area contributed by atoms with Crippen LogP contribution in [-0.4, -0.2) is 29.7 Å². The van der Waals surface area contributed by atoms with Gasteiger partial charge >= 0.3 is 0 Å². The van der Waals surface area contributed by atoms with E-state index in [9.17, 15) is 4.39 Å². The number of nitrogens with zero attached hydrogens (tertiary/aromatic N) is 1. The van der Waals surface area contributed by atoms with Crippen LogP contribution in [-0.2, 0) is 0 Å². The second kappa shape index (κ2) is 5.29. The SMILES string of the molecule is CCC(C)N(CC)CC1CCC(C)(F)C1. The molecule has 1 aliphatic rings. The van der Waals surface area contributed by atoms with E-state index in [4.69, 9.17) is 0 Å². The molecule has 0 aliphatic heterocycles. The summed E-state index contributed by atoms with van der Waals surface area (Å²) in [5.41, 5.74) is -0.889. The standard InChI is InChI=1S/C13H26FN/c1-5-11(3)15(6-2)10-12-7-8-13(4,14)9-12/h11-12H,5-10H2,1-4H3. The van der Waals surface area contributed by atoms with Gasteiger partial charge in [-0.1, -0.05) is 13.8 Å². The van der Waals surface area contributed by atoms with Crippen LogP contribution in [0.4, 0.5) is 4.39 Å². The third-order valence-corrected chi connectivity index (χ3v) is 3.90. The molecule has 0 spiro atoms. The fraction of sp³-hybridized carbons (Fsp3) is 1.00. The van der Waals surface area contributed by atoms with Crippen molar-refractivity contribution in [1.82, 2.24) is 4.90 Å². The second-order valence-corrected chi connectivity index (χ2v) is 5.37. The smallest absolute Gasteiger partial charge is 0.108 e. The molecule has 0 saturated heterocycles. The zero-order valence-corrected chi connectivity index (χ0v) is 10.7. The van der Waals surface area contributed by atoms with Crippen molar-refractivity contribution in [1.29, 1.82) is 0 Å². The summed E-state index contributed by atoms with van der Waals surface area (Å²) >= 11 is 0. The molecule has 0 amide bonds. The maximum atomic E-state index is 13.7. The Hall–Kier alpha value is -0.110. The molecule has 1 nitrogen and oxygen atoms in total. The van der Waals surface area contributed by atoms with E-state index >= 15 is 0 Å². The summed E-state index contributed by atoms with van der Waals surface area (Å²) in [5.74, 6) is 0.578. The van der Waals surface area contributed by atoms with Gasteiger partial charge in [-0.15, -0.1) is 0 Å². The van der Waals surface area contributed by atoms with Gasteiger partial charge in [-0.3, -0.25) is 0 Å².